The monoisotopic (exact) mass is 393 g/mol. The van der Waals surface area contributed by atoms with E-state index in [1.165, 1.54) is 6.42 Å². The van der Waals surface area contributed by atoms with Gasteiger partial charge in [-0.2, -0.15) is 0 Å². The molecule has 2 fully saturated rings. The maximum atomic E-state index is 11.0. The number of hydrogen-bond donors (Lipinski definition) is 0. The van der Waals surface area contributed by atoms with Crippen LogP contribution in [0.25, 0.3) is 0 Å². The lowest BCUT2D eigenvalue weighted by molar-refractivity contribution is -0.197. The van der Waals surface area contributed by atoms with E-state index in [0.717, 1.165) is 62.7 Å². The number of aldehydes is 2. The van der Waals surface area contributed by atoms with Crippen molar-refractivity contribution in [2.75, 3.05) is 26.2 Å². The highest BCUT2D eigenvalue weighted by atomic mass is 16.7. The van der Waals surface area contributed by atoms with Crippen LogP contribution in [-0.2, 0) is 19.1 Å². The van der Waals surface area contributed by atoms with Gasteiger partial charge in [0.15, 0.2) is 5.79 Å². The van der Waals surface area contributed by atoms with Crippen molar-refractivity contribution in [3.8, 4) is 0 Å². The summed E-state index contributed by atoms with van der Waals surface area (Å²) in [4.78, 5) is 24.1. The zero-order chi connectivity index (χ0) is 20.8. The molecule has 1 aliphatic carbocycles. The zero-order valence-electron chi connectivity index (χ0n) is 18.2. The molecule has 1 saturated heterocycles. The molecular formula is C23H39NO4. The van der Waals surface area contributed by atoms with Gasteiger partial charge in [0, 0.05) is 32.5 Å². The summed E-state index contributed by atoms with van der Waals surface area (Å²) in [6.45, 7) is 15.5. The minimum atomic E-state index is -0.580. The molecule has 160 valence electrons. The molecule has 1 spiro atoms. The lowest BCUT2D eigenvalue weighted by atomic mass is 9.68. The van der Waals surface area contributed by atoms with Crippen molar-refractivity contribution in [2.24, 2.45) is 17.3 Å². The zero-order valence-corrected chi connectivity index (χ0v) is 18.2. The fourth-order valence-electron chi connectivity index (χ4n) is 4.51. The van der Waals surface area contributed by atoms with E-state index in [1.807, 2.05) is 6.92 Å². The summed E-state index contributed by atoms with van der Waals surface area (Å²) in [5, 5.41) is 0. The van der Waals surface area contributed by atoms with Gasteiger partial charge in [-0.1, -0.05) is 39.3 Å². The van der Waals surface area contributed by atoms with Crippen molar-refractivity contribution in [2.45, 2.75) is 78.1 Å². The van der Waals surface area contributed by atoms with Crippen LogP contribution in [0.4, 0.5) is 0 Å². The summed E-state index contributed by atoms with van der Waals surface area (Å²) in [7, 11) is 0. The van der Waals surface area contributed by atoms with E-state index in [-0.39, 0.29) is 6.10 Å². The first-order valence-electron chi connectivity index (χ1n) is 10.8. The van der Waals surface area contributed by atoms with Gasteiger partial charge in [-0.25, -0.2) is 0 Å². The third-order valence-corrected chi connectivity index (χ3v) is 6.76. The van der Waals surface area contributed by atoms with E-state index >= 15 is 0 Å². The molecule has 28 heavy (non-hydrogen) atoms. The van der Waals surface area contributed by atoms with Crippen LogP contribution in [0.5, 0.6) is 0 Å². The Morgan fingerprint density at radius 2 is 1.93 bits per heavy atom. The predicted molar refractivity (Wildman–Crippen MR) is 111 cm³/mol. The Kier molecular flexibility index (Phi) is 8.41. The summed E-state index contributed by atoms with van der Waals surface area (Å²) >= 11 is 0. The number of rotatable bonds is 11. The number of nitrogens with zero attached hydrogens (tertiary/aromatic N) is 1. The van der Waals surface area contributed by atoms with Gasteiger partial charge in [-0.05, 0) is 37.5 Å². The largest absolute Gasteiger partial charge is 0.347 e. The standard InChI is InChI=1S/C23H39NO4/c1-6-22(4,5)20-7-10-23(11-8-20)27-17-21(28-23)9-12-24(13-18(2)3)14-19(15-25)16-26/h15-16,19-21H,2,6-14,17H2,1,3-5H3. The third kappa shape index (κ3) is 6.23. The number of hydrogen-bond acceptors (Lipinski definition) is 5. The second-order valence-corrected chi connectivity index (χ2v) is 9.49. The molecular weight excluding hydrogens is 354 g/mol. The average Bonchev–Trinajstić information content (AvgIpc) is 3.06. The van der Waals surface area contributed by atoms with Gasteiger partial charge in [0.2, 0.25) is 0 Å². The molecule has 2 aliphatic rings. The molecule has 0 N–H and O–H groups in total. The molecule has 1 heterocycles. The van der Waals surface area contributed by atoms with E-state index in [0.29, 0.717) is 25.1 Å². The highest BCUT2D eigenvalue weighted by Crippen LogP contribution is 2.47. The summed E-state index contributed by atoms with van der Waals surface area (Å²) in [5.74, 6) is -0.231. The summed E-state index contributed by atoms with van der Waals surface area (Å²) in [6, 6.07) is 0. The molecule has 0 bridgehead atoms. The third-order valence-electron chi connectivity index (χ3n) is 6.76. The van der Waals surface area contributed by atoms with Crippen molar-refractivity contribution in [1.29, 1.82) is 0 Å². The summed E-state index contributed by atoms with van der Waals surface area (Å²) < 4.78 is 12.5. The van der Waals surface area contributed by atoms with Gasteiger partial charge in [-0.3, -0.25) is 4.90 Å². The van der Waals surface area contributed by atoms with E-state index in [9.17, 15) is 9.59 Å². The molecule has 5 heteroatoms. The van der Waals surface area contributed by atoms with Crippen LogP contribution in [0.2, 0.25) is 0 Å². The molecule has 0 radical (unpaired) electrons. The van der Waals surface area contributed by atoms with E-state index in [2.05, 4.69) is 32.3 Å². The highest BCUT2D eigenvalue weighted by Gasteiger charge is 2.46. The molecule has 1 aliphatic heterocycles. The normalized spacial score (nSPS) is 28.2. The molecule has 0 aromatic heterocycles. The molecule has 0 aromatic rings. The molecule has 0 amide bonds. The number of carbonyl (C=O) groups is 2. The Labute approximate surface area is 170 Å². The van der Waals surface area contributed by atoms with E-state index < -0.39 is 11.7 Å². The van der Waals surface area contributed by atoms with E-state index in [1.54, 1.807) is 0 Å². The molecule has 1 atom stereocenters. The Hall–Kier alpha value is -1.04. The SMILES string of the molecule is C=C(C)CN(CCC1COC2(CCC(C(C)(C)CC)CC2)O1)CC(C=O)C=O. The number of carbonyl (C=O) groups excluding carboxylic acids is 2. The van der Waals surface area contributed by atoms with Gasteiger partial charge in [-0.15, -0.1) is 0 Å². The molecule has 1 saturated carbocycles. The molecule has 5 nitrogen and oxygen atoms in total. The fourth-order valence-corrected chi connectivity index (χ4v) is 4.51. The summed E-state index contributed by atoms with van der Waals surface area (Å²) in [5.41, 5.74) is 1.41. The summed E-state index contributed by atoms with van der Waals surface area (Å²) in [6.07, 6.45) is 7.84. The molecule has 2 rings (SSSR count). The maximum absolute atomic E-state index is 11.0. The second-order valence-electron chi connectivity index (χ2n) is 9.49. The van der Waals surface area contributed by atoms with Crippen molar-refractivity contribution < 1.29 is 19.1 Å². The molecule has 1 unspecified atom stereocenters. The lowest BCUT2D eigenvalue weighted by Gasteiger charge is -2.42. The van der Waals surface area contributed by atoms with Gasteiger partial charge in [0.1, 0.15) is 12.6 Å². The van der Waals surface area contributed by atoms with Crippen molar-refractivity contribution >= 4 is 12.6 Å². The lowest BCUT2D eigenvalue weighted by Crippen LogP contribution is -2.39. The average molecular weight is 394 g/mol. The van der Waals surface area contributed by atoms with E-state index in [4.69, 9.17) is 9.47 Å². The molecule has 0 aromatic carbocycles. The Morgan fingerprint density at radius 3 is 2.46 bits per heavy atom. The van der Waals surface area contributed by atoms with Crippen LogP contribution in [0, 0.1) is 17.3 Å². The van der Waals surface area contributed by atoms with Crippen LogP contribution in [0.15, 0.2) is 12.2 Å². The van der Waals surface area contributed by atoms with Crippen LogP contribution < -0.4 is 0 Å². The highest BCUT2D eigenvalue weighted by molar-refractivity contribution is 5.77. The van der Waals surface area contributed by atoms with Crippen molar-refractivity contribution in [1.82, 2.24) is 4.90 Å². The van der Waals surface area contributed by atoms with Crippen LogP contribution in [0.1, 0.15) is 66.2 Å². The first kappa shape index (κ1) is 23.2. The van der Waals surface area contributed by atoms with Gasteiger partial charge < -0.3 is 19.1 Å². The van der Waals surface area contributed by atoms with Gasteiger partial charge in [0.25, 0.3) is 0 Å². The Balaban J connectivity index is 1.83. The fraction of sp³-hybridized carbons (Fsp3) is 0.826. The van der Waals surface area contributed by atoms with Crippen LogP contribution >= 0.6 is 0 Å². The quantitative estimate of drug-likeness (QED) is 0.302. The first-order valence-corrected chi connectivity index (χ1v) is 10.8. The first-order chi connectivity index (χ1) is 13.2. The van der Waals surface area contributed by atoms with Crippen LogP contribution in [0.3, 0.4) is 0 Å². The number of ether oxygens (including phenoxy) is 2. The maximum Gasteiger partial charge on any atom is 0.168 e. The van der Waals surface area contributed by atoms with Crippen LogP contribution in [-0.4, -0.2) is 55.6 Å². The predicted octanol–water partition coefficient (Wildman–Crippen LogP) is 4.01. The van der Waals surface area contributed by atoms with Crippen molar-refractivity contribution in [3.63, 3.8) is 0 Å². The minimum absolute atomic E-state index is 0.0780. The van der Waals surface area contributed by atoms with Gasteiger partial charge >= 0.3 is 0 Å². The topological polar surface area (TPSA) is 55.8 Å². The minimum Gasteiger partial charge on any atom is -0.347 e. The smallest absolute Gasteiger partial charge is 0.168 e. The van der Waals surface area contributed by atoms with Crippen molar-refractivity contribution in [3.05, 3.63) is 12.2 Å². The van der Waals surface area contributed by atoms with Gasteiger partial charge in [0.05, 0.1) is 18.6 Å². The second kappa shape index (κ2) is 10.1. The Bertz CT molecular complexity index is 529. The Morgan fingerprint density at radius 1 is 1.29 bits per heavy atom.